The summed E-state index contributed by atoms with van der Waals surface area (Å²) < 4.78 is 7.00. The first-order chi connectivity index (χ1) is 10.2. The summed E-state index contributed by atoms with van der Waals surface area (Å²) >= 11 is 5.96. The van der Waals surface area contributed by atoms with Gasteiger partial charge in [-0.2, -0.15) is 4.68 Å². The molecule has 0 atom stereocenters. The number of aromatic nitrogens is 2. The van der Waals surface area contributed by atoms with E-state index in [1.807, 2.05) is 24.3 Å². The number of benzene rings is 2. The minimum absolute atomic E-state index is 0.221. The predicted octanol–water partition coefficient (Wildman–Crippen LogP) is 3.74. The van der Waals surface area contributed by atoms with Gasteiger partial charge in [0.1, 0.15) is 11.1 Å². The van der Waals surface area contributed by atoms with Crippen molar-refractivity contribution in [1.29, 1.82) is 0 Å². The summed E-state index contributed by atoms with van der Waals surface area (Å²) in [5.41, 5.74) is 1.54. The van der Waals surface area contributed by atoms with Crippen molar-refractivity contribution in [3.05, 3.63) is 70.0 Å². The zero-order valence-corrected chi connectivity index (χ0v) is 11.5. The van der Waals surface area contributed by atoms with Crippen LogP contribution in [0.15, 0.2) is 63.8 Å². The van der Waals surface area contributed by atoms with Crippen molar-refractivity contribution in [3.8, 4) is 17.1 Å². The zero-order valence-electron chi connectivity index (χ0n) is 10.8. The molecular formula is C16H9ClN2O2. The van der Waals surface area contributed by atoms with Crippen molar-refractivity contribution < 1.29 is 4.42 Å². The van der Waals surface area contributed by atoms with Gasteiger partial charge in [0, 0.05) is 10.4 Å². The summed E-state index contributed by atoms with van der Waals surface area (Å²) in [4.78, 5) is 12.5. The van der Waals surface area contributed by atoms with Crippen LogP contribution in [-0.2, 0) is 0 Å². The summed E-state index contributed by atoms with van der Waals surface area (Å²) in [5, 5.41) is 5.67. The number of halogens is 1. The third kappa shape index (κ3) is 1.92. The second-order valence-electron chi connectivity index (χ2n) is 4.70. The van der Waals surface area contributed by atoms with Crippen molar-refractivity contribution >= 4 is 22.6 Å². The Morgan fingerprint density at radius 3 is 2.76 bits per heavy atom. The molecule has 0 spiro atoms. The van der Waals surface area contributed by atoms with E-state index < -0.39 is 0 Å². The molecule has 102 valence electrons. The van der Waals surface area contributed by atoms with Crippen LogP contribution in [0.1, 0.15) is 0 Å². The average molecular weight is 297 g/mol. The molecule has 2 heterocycles. The van der Waals surface area contributed by atoms with E-state index in [9.17, 15) is 4.79 Å². The van der Waals surface area contributed by atoms with Crippen LogP contribution in [-0.4, -0.2) is 9.78 Å². The fraction of sp³-hybridized carbons (Fsp3) is 0. The van der Waals surface area contributed by atoms with Gasteiger partial charge in [0.05, 0.1) is 5.69 Å². The maximum atomic E-state index is 12.5. The predicted molar refractivity (Wildman–Crippen MR) is 81.2 cm³/mol. The highest BCUT2D eigenvalue weighted by molar-refractivity contribution is 6.30. The van der Waals surface area contributed by atoms with Crippen molar-refractivity contribution in [2.75, 3.05) is 0 Å². The fourth-order valence-electron chi connectivity index (χ4n) is 2.33. The SMILES string of the molecule is O=c1c2cc3ccccc3oc-2nn1-c1cccc(Cl)c1. The quantitative estimate of drug-likeness (QED) is 0.537. The number of hydrogen-bond acceptors (Lipinski definition) is 3. The van der Waals surface area contributed by atoms with Crippen molar-refractivity contribution in [1.82, 2.24) is 9.78 Å². The van der Waals surface area contributed by atoms with Gasteiger partial charge in [-0.25, -0.2) is 0 Å². The Bertz CT molecular complexity index is 987. The molecule has 2 aromatic rings. The first-order valence-corrected chi connectivity index (χ1v) is 6.78. The highest BCUT2D eigenvalue weighted by Crippen LogP contribution is 2.25. The molecule has 0 N–H and O–H groups in total. The number of hydrogen-bond donors (Lipinski definition) is 0. The lowest BCUT2D eigenvalue weighted by Crippen LogP contribution is -2.14. The van der Waals surface area contributed by atoms with Crippen molar-refractivity contribution in [3.63, 3.8) is 0 Å². The largest absolute Gasteiger partial charge is 0.436 e. The van der Waals surface area contributed by atoms with Crippen LogP contribution in [0.4, 0.5) is 0 Å². The summed E-state index contributed by atoms with van der Waals surface area (Å²) in [6.07, 6.45) is 0. The molecule has 0 fully saturated rings. The number of rotatable bonds is 1. The number of nitrogens with zero attached hydrogens (tertiary/aromatic N) is 2. The minimum atomic E-state index is -0.221. The van der Waals surface area contributed by atoms with Gasteiger partial charge in [-0.3, -0.25) is 4.79 Å². The maximum Gasteiger partial charge on any atom is 0.284 e. The van der Waals surface area contributed by atoms with Crippen molar-refractivity contribution in [2.24, 2.45) is 0 Å². The maximum absolute atomic E-state index is 12.5. The summed E-state index contributed by atoms with van der Waals surface area (Å²) in [6, 6.07) is 16.3. The molecule has 0 amide bonds. The Labute approximate surface area is 124 Å². The molecule has 0 saturated heterocycles. The van der Waals surface area contributed by atoms with Gasteiger partial charge < -0.3 is 4.42 Å². The van der Waals surface area contributed by atoms with Gasteiger partial charge in [-0.05, 0) is 30.3 Å². The van der Waals surface area contributed by atoms with E-state index >= 15 is 0 Å². The molecule has 0 saturated carbocycles. The number of fused-ring (bicyclic) bond motifs is 2. The molecule has 0 unspecified atom stereocenters. The van der Waals surface area contributed by atoms with Crippen LogP contribution in [0.25, 0.3) is 28.1 Å². The van der Waals surface area contributed by atoms with Crippen molar-refractivity contribution in [2.45, 2.75) is 0 Å². The molecule has 4 nitrogen and oxygen atoms in total. The van der Waals surface area contributed by atoms with Gasteiger partial charge in [0.2, 0.25) is 5.89 Å². The van der Waals surface area contributed by atoms with Crippen LogP contribution in [0.5, 0.6) is 0 Å². The van der Waals surface area contributed by atoms with E-state index in [-0.39, 0.29) is 5.56 Å². The zero-order chi connectivity index (χ0) is 14.4. The highest BCUT2D eigenvalue weighted by atomic mass is 35.5. The van der Waals surface area contributed by atoms with Gasteiger partial charge in [-0.15, -0.1) is 5.10 Å². The van der Waals surface area contributed by atoms with E-state index in [1.165, 1.54) is 4.68 Å². The summed E-state index contributed by atoms with van der Waals surface area (Å²) in [5.74, 6) is 0.318. The molecule has 5 heteroatoms. The van der Waals surface area contributed by atoms with Crippen LogP contribution < -0.4 is 5.56 Å². The molecule has 21 heavy (non-hydrogen) atoms. The van der Waals surface area contributed by atoms with E-state index in [0.717, 1.165) is 5.39 Å². The molecule has 2 aliphatic rings. The topological polar surface area (TPSA) is 48.0 Å². The molecule has 0 aliphatic carbocycles. The summed E-state index contributed by atoms with van der Waals surface area (Å²) in [7, 11) is 0. The van der Waals surface area contributed by atoms with E-state index in [2.05, 4.69) is 5.10 Å². The lowest BCUT2D eigenvalue weighted by atomic mass is 10.2. The van der Waals surface area contributed by atoms with Crippen LogP contribution in [0, 0.1) is 0 Å². The second kappa shape index (κ2) is 4.46. The van der Waals surface area contributed by atoms with Crippen LogP contribution in [0.3, 0.4) is 0 Å². The normalized spacial score (nSPS) is 11.3. The van der Waals surface area contributed by atoms with Gasteiger partial charge in [0.15, 0.2) is 0 Å². The van der Waals surface area contributed by atoms with Crippen LogP contribution in [0.2, 0.25) is 5.02 Å². The Hall–Kier alpha value is -2.59. The Morgan fingerprint density at radius 1 is 1.05 bits per heavy atom. The molecule has 0 radical (unpaired) electrons. The third-order valence-electron chi connectivity index (χ3n) is 3.32. The first-order valence-electron chi connectivity index (χ1n) is 6.40. The average Bonchev–Trinajstić information content (AvgIpc) is 2.82. The highest BCUT2D eigenvalue weighted by Gasteiger charge is 2.19. The van der Waals surface area contributed by atoms with Gasteiger partial charge in [-0.1, -0.05) is 35.9 Å². The molecular weight excluding hydrogens is 288 g/mol. The molecule has 0 bridgehead atoms. The van der Waals surface area contributed by atoms with E-state index in [0.29, 0.717) is 27.7 Å². The van der Waals surface area contributed by atoms with Crippen LogP contribution >= 0.6 is 11.6 Å². The first kappa shape index (κ1) is 12.2. The Kier molecular flexibility index (Phi) is 2.59. The third-order valence-corrected chi connectivity index (χ3v) is 3.56. The molecule has 2 aromatic carbocycles. The lowest BCUT2D eigenvalue weighted by molar-refractivity contribution is 0.591. The second-order valence-corrected chi connectivity index (χ2v) is 5.14. The van der Waals surface area contributed by atoms with Gasteiger partial charge >= 0.3 is 0 Å². The Balaban J connectivity index is 2.04. The number of para-hydroxylation sites is 1. The standard InChI is InChI=1S/C16H9ClN2O2/c17-11-5-3-6-12(9-11)19-16(20)13-8-10-4-1-2-7-14(10)21-15(13)18-19/h1-9H. The molecule has 2 aliphatic heterocycles. The smallest absolute Gasteiger partial charge is 0.284 e. The Morgan fingerprint density at radius 2 is 1.90 bits per heavy atom. The minimum Gasteiger partial charge on any atom is -0.436 e. The lowest BCUT2D eigenvalue weighted by Gasteiger charge is -1.98. The van der Waals surface area contributed by atoms with E-state index in [1.54, 1.807) is 30.3 Å². The van der Waals surface area contributed by atoms with Gasteiger partial charge in [0.25, 0.3) is 5.56 Å². The summed E-state index contributed by atoms with van der Waals surface area (Å²) in [6.45, 7) is 0. The monoisotopic (exact) mass is 296 g/mol. The van der Waals surface area contributed by atoms with E-state index in [4.69, 9.17) is 16.0 Å². The molecule has 0 aromatic heterocycles. The fourth-order valence-corrected chi connectivity index (χ4v) is 2.51. The molecule has 4 rings (SSSR count).